The summed E-state index contributed by atoms with van der Waals surface area (Å²) >= 11 is 0. The number of nitrogens with one attached hydrogen (secondary N) is 1. The van der Waals surface area contributed by atoms with Gasteiger partial charge in [0.2, 0.25) is 0 Å². The predicted octanol–water partition coefficient (Wildman–Crippen LogP) is 5.12. The first-order valence-electron chi connectivity index (χ1n) is 8.92. The van der Waals surface area contributed by atoms with Crippen LogP contribution in [0.1, 0.15) is 28.5 Å². The van der Waals surface area contributed by atoms with Gasteiger partial charge in [-0.2, -0.15) is 0 Å². The summed E-state index contributed by atoms with van der Waals surface area (Å²) < 4.78 is 15.3. The lowest BCUT2D eigenvalue weighted by atomic mass is 10.1. The first kappa shape index (κ1) is 17.9. The van der Waals surface area contributed by atoms with Gasteiger partial charge in [-0.1, -0.05) is 0 Å². The maximum absolute atomic E-state index is 13.3. The molecule has 0 aliphatic rings. The summed E-state index contributed by atoms with van der Waals surface area (Å²) in [6.45, 7) is 5.57. The number of ketones is 1. The van der Waals surface area contributed by atoms with Gasteiger partial charge in [-0.15, -0.1) is 0 Å². The van der Waals surface area contributed by atoms with E-state index in [0.717, 1.165) is 33.7 Å². The van der Waals surface area contributed by atoms with Crippen molar-refractivity contribution in [1.82, 2.24) is 14.5 Å². The molecule has 6 heteroatoms. The fourth-order valence-corrected chi connectivity index (χ4v) is 3.32. The van der Waals surface area contributed by atoms with E-state index in [4.69, 9.17) is 0 Å². The Balaban J connectivity index is 1.81. The summed E-state index contributed by atoms with van der Waals surface area (Å²) in [7, 11) is 0. The van der Waals surface area contributed by atoms with Crippen molar-refractivity contribution in [3.63, 3.8) is 0 Å². The van der Waals surface area contributed by atoms with Crippen molar-refractivity contribution in [2.24, 2.45) is 0 Å². The van der Waals surface area contributed by atoms with Gasteiger partial charge >= 0.3 is 0 Å². The number of anilines is 2. The highest BCUT2D eigenvalue weighted by molar-refractivity contribution is 5.96. The molecule has 0 saturated heterocycles. The van der Waals surface area contributed by atoms with Gasteiger partial charge in [-0.25, -0.2) is 14.4 Å². The SMILES string of the molecule is CC(=O)c1ccc(Nc2ncnc3c2c(C)c(C)n3-c2ccc(F)cc2)cc1. The minimum atomic E-state index is -0.277. The highest BCUT2D eigenvalue weighted by Gasteiger charge is 2.17. The molecule has 2 aromatic heterocycles. The van der Waals surface area contributed by atoms with Crippen LogP contribution in [0.25, 0.3) is 16.7 Å². The molecule has 28 heavy (non-hydrogen) atoms. The molecule has 0 bridgehead atoms. The van der Waals surface area contributed by atoms with Crippen molar-refractivity contribution in [3.8, 4) is 5.69 Å². The molecular weight excluding hydrogens is 355 g/mol. The second kappa shape index (κ2) is 6.88. The van der Waals surface area contributed by atoms with E-state index < -0.39 is 0 Å². The smallest absolute Gasteiger partial charge is 0.159 e. The monoisotopic (exact) mass is 374 g/mol. The molecule has 0 fully saturated rings. The van der Waals surface area contributed by atoms with Crippen LogP contribution >= 0.6 is 0 Å². The lowest BCUT2D eigenvalue weighted by Gasteiger charge is -2.09. The minimum absolute atomic E-state index is 0.0267. The van der Waals surface area contributed by atoms with Crippen molar-refractivity contribution >= 4 is 28.3 Å². The molecule has 0 aliphatic carbocycles. The number of benzene rings is 2. The summed E-state index contributed by atoms with van der Waals surface area (Å²) in [5.74, 6) is 0.432. The lowest BCUT2D eigenvalue weighted by molar-refractivity contribution is 0.101. The quantitative estimate of drug-likeness (QED) is 0.504. The van der Waals surface area contributed by atoms with E-state index >= 15 is 0 Å². The van der Waals surface area contributed by atoms with E-state index in [-0.39, 0.29) is 11.6 Å². The van der Waals surface area contributed by atoms with Crippen molar-refractivity contribution < 1.29 is 9.18 Å². The molecule has 0 amide bonds. The van der Waals surface area contributed by atoms with Crippen LogP contribution in [0.2, 0.25) is 0 Å². The maximum atomic E-state index is 13.3. The summed E-state index contributed by atoms with van der Waals surface area (Å²) in [6.07, 6.45) is 1.51. The third kappa shape index (κ3) is 3.03. The highest BCUT2D eigenvalue weighted by Crippen LogP contribution is 2.32. The van der Waals surface area contributed by atoms with Gasteiger partial charge < -0.3 is 5.32 Å². The second-order valence-electron chi connectivity index (χ2n) is 6.70. The molecule has 1 N–H and O–H groups in total. The van der Waals surface area contributed by atoms with Crippen molar-refractivity contribution in [2.75, 3.05) is 5.32 Å². The van der Waals surface area contributed by atoms with Crippen LogP contribution in [0.15, 0.2) is 54.9 Å². The molecule has 2 heterocycles. The van der Waals surface area contributed by atoms with Crippen LogP contribution in [0, 0.1) is 19.7 Å². The number of Topliss-reactive ketones (excluding diaryl/α,β-unsaturated/α-hetero) is 1. The molecule has 4 rings (SSSR count). The number of aromatic nitrogens is 3. The van der Waals surface area contributed by atoms with Gasteiger partial charge in [0.25, 0.3) is 0 Å². The zero-order chi connectivity index (χ0) is 19.8. The number of nitrogens with zero attached hydrogens (tertiary/aromatic N) is 3. The molecule has 0 saturated carbocycles. The van der Waals surface area contributed by atoms with Gasteiger partial charge in [0.05, 0.1) is 5.39 Å². The molecular formula is C22H19FN4O. The second-order valence-corrected chi connectivity index (χ2v) is 6.70. The Hall–Kier alpha value is -3.54. The fraction of sp³-hybridized carbons (Fsp3) is 0.136. The summed E-state index contributed by atoms with van der Waals surface area (Å²) in [6, 6.07) is 13.6. The Kier molecular flexibility index (Phi) is 4.39. The molecule has 5 nitrogen and oxygen atoms in total. The van der Waals surface area contributed by atoms with E-state index in [1.807, 2.05) is 30.5 Å². The Morgan fingerprint density at radius 2 is 1.68 bits per heavy atom. The van der Waals surface area contributed by atoms with E-state index in [9.17, 15) is 9.18 Å². The summed E-state index contributed by atoms with van der Waals surface area (Å²) in [4.78, 5) is 20.4. The van der Waals surface area contributed by atoms with Crippen LogP contribution in [0.5, 0.6) is 0 Å². The molecule has 4 aromatic rings. The summed E-state index contributed by atoms with van der Waals surface area (Å²) in [5.41, 5.74) is 5.14. The number of carbonyl (C=O) groups is 1. The van der Waals surface area contributed by atoms with Crippen LogP contribution < -0.4 is 5.32 Å². The van der Waals surface area contributed by atoms with Gasteiger partial charge in [0.1, 0.15) is 18.0 Å². The van der Waals surface area contributed by atoms with E-state index in [0.29, 0.717) is 11.4 Å². The molecule has 140 valence electrons. The van der Waals surface area contributed by atoms with Gasteiger partial charge in [0.15, 0.2) is 11.4 Å². The number of rotatable bonds is 4. The van der Waals surface area contributed by atoms with E-state index in [1.54, 1.807) is 31.2 Å². The Morgan fingerprint density at radius 3 is 2.32 bits per heavy atom. The van der Waals surface area contributed by atoms with Gasteiger partial charge in [0, 0.05) is 22.6 Å². The first-order valence-corrected chi connectivity index (χ1v) is 8.92. The largest absolute Gasteiger partial charge is 0.340 e. The third-order valence-corrected chi connectivity index (χ3v) is 4.93. The van der Waals surface area contributed by atoms with Crippen molar-refractivity contribution in [1.29, 1.82) is 0 Å². The van der Waals surface area contributed by atoms with E-state index in [2.05, 4.69) is 15.3 Å². The molecule has 0 atom stereocenters. The van der Waals surface area contributed by atoms with Crippen molar-refractivity contribution in [3.05, 3.63) is 77.5 Å². The number of carbonyl (C=O) groups excluding carboxylic acids is 1. The predicted molar refractivity (Wildman–Crippen MR) is 108 cm³/mol. The maximum Gasteiger partial charge on any atom is 0.159 e. The normalized spacial score (nSPS) is 11.0. The molecule has 2 aromatic carbocycles. The number of hydrogen-bond acceptors (Lipinski definition) is 4. The van der Waals surface area contributed by atoms with E-state index in [1.165, 1.54) is 18.5 Å². The Morgan fingerprint density at radius 1 is 1.00 bits per heavy atom. The Labute approximate surface area is 161 Å². The zero-order valence-corrected chi connectivity index (χ0v) is 15.8. The molecule has 0 spiro atoms. The highest BCUT2D eigenvalue weighted by atomic mass is 19.1. The third-order valence-electron chi connectivity index (χ3n) is 4.93. The fourth-order valence-electron chi connectivity index (χ4n) is 3.32. The topological polar surface area (TPSA) is 59.8 Å². The standard InChI is InChI=1S/C22H19FN4O/c1-13-14(2)27(19-10-6-17(23)7-11-19)22-20(13)21(24-12-25-22)26-18-8-4-16(5-9-18)15(3)28/h4-12H,1-3H3,(H,24,25,26). The van der Waals surface area contributed by atoms with Crippen LogP contribution in [0.3, 0.4) is 0 Å². The molecule has 0 aliphatic heterocycles. The average molecular weight is 374 g/mol. The number of hydrogen-bond donors (Lipinski definition) is 1. The molecule has 0 unspecified atom stereocenters. The van der Waals surface area contributed by atoms with Crippen LogP contribution in [-0.4, -0.2) is 20.3 Å². The number of aryl methyl sites for hydroxylation is 1. The zero-order valence-electron chi connectivity index (χ0n) is 15.8. The van der Waals surface area contributed by atoms with Crippen molar-refractivity contribution in [2.45, 2.75) is 20.8 Å². The molecule has 0 radical (unpaired) electrons. The van der Waals surface area contributed by atoms with Crippen LogP contribution in [0.4, 0.5) is 15.9 Å². The summed E-state index contributed by atoms with van der Waals surface area (Å²) in [5, 5.41) is 4.22. The minimum Gasteiger partial charge on any atom is -0.340 e. The average Bonchev–Trinajstić information content (AvgIpc) is 2.95. The lowest BCUT2D eigenvalue weighted by Crippen LogP contribution is -2.00. The number of fused-ring (bicyclic) bond motifs is 1. The Bertz CT molecular complexity index is 1180. The number of halogens is 1. The van der Waals surface area contributed by atoms with Gasteiger partial charge in [-0.3, -0.25) is 9.36 Å². The van der Waals surface area contributed by atoms with Crippen LogP contribution in [-0.2, 0) is 0 Å². The first-order chi connectivity index (χ1) is 13.5. The van der Waals surface area contributed by atoms with Gasteiger partial charge in [-0.05, 0) is 74.9 Å².